The third-order valence-corrected chi connectivity index (χ3v) is 5.59. The summed E-state index contributed by atoms with van der Waals surface area (Å²) in [5.74, 6) is 0.367. The average molecular weight is 372 g/mol. The average Bonchev–Trinajstić information content (AvgIpc) is 2.88. The van der Waals surface area contributed by atoms with Crippen LogP contribution in [0.25, 0.3) is 0 Å². The van der Waals surface area contributed by atoms with Gasteiger partial charge < -0.3 is 19.0 Å². The van der Waals surface area contributed by atoms with Crippen molar-refractivity contribution in [1.29, 1.82) is 0 Å². The molecule has 3 aliphatic heterocycles. The number of rotatable bonds is 4. The number of methoxy groups -OCH3 is 1. The molecule has 5 heterocycles. The number of carbonyl (C=O) groups excluding carboxylic acids is 1. The molecule has 0 aromatic carbocycles. The summed E-state index contributed by atoms with van der Waals surface area (Å²) in [5.41, 5.74) is 1.79. The first-order chi connectivity index (χ1) is 13.0. The van der Waals surface area contributed by atoms with E-state index >= 15 is 0 Å². The van der Waals surface area contributed by atoms with Gasteiger partial charge in [0, 0.05) is 44.0 Å². The van der Waals surface area contributed by atoms with Gasteiger partial charge in [-0.1, -0.05) is 0 Å². The molecule has 8 heteroatoms. The number of amides is 1. The maximum atomic E-state index is 13.0. The number of fused-ring (bicyclic) bond motifs is 4. The number of nitrogens with zero attached hydrogens (tertiary/aromatic N) is 3. The van der Waals surface area contributed by atoms with Gasteiger partial charge in [-0.3, -0.25) is 14.5 Å². The van der Waals surface area contributed by atoms with Crippen LogP contribution in [-0.4, -0.2) is 58.5 Å². The second-order valence-corrected chi connectivity index (χ2v) is 7.40. The molecular weight excluding hydrogens is 348 g/mol. The van der Waals surface area contributed by atoms with Crippen LogP contribution in [0.5, 0.6) is 5.75 Å². The van der Waals surface area contributed by atoms with Crippen LogP contribution in [0.3, 0.4) is 0 Å². The lowest BCUT2D eigenvalue weighted by atomic mass is 9.95. The number of aromatic amines is 1. The third kappa shape index (κ3) is 3.49. The van der Waals surface area contributed by atoms with E-state index < -0.39 is 0 Å². The molecule has 0 spiro atoms. The van der Waals surface area contributed by atoms with E-state index in [1.807, 2.05) is 11.8 Å². The molecule has 3 aliphatic rings. The lowest BCUT2D eigenvalue weighted by Crippen LogP contribution is -2.47. The summed E-state index contributed by atoms with van der Waals surface area (Å²) >= 11 is 0. The van der Waals surface area contributed by atoms with Crippen molar-refractivity contribution in [3.63, 3.8) is 0 Å². The van der Waals surface area contributed by atoms with Crippen LogP contribution >= 0.6 is 0 Å². The monoisotopic (exact) mass is 372 g/mol. The minimum Gasteiger partial charge on any atom is -0.490 e. The summed E-state index contributed by atoms with van der Waals surface area (Å²) in [5, 5.41) is 0. The van der Waals surface area contributed by atoms with Crippen LogP contribution in [0, 0.1) is 12.8 Å². The highest BCUT2D eigenvalue weighted by molar-refractivity contribution is 5.91. The number of piperidine rings is 1. The minimum atomic E-state index is -0.345. The van der Waals surface area contributed by atoms with Gasteiger partial charge in [-0.15, -0.1) is 0 Å². The predicted molar refractivity (Wildman–Crippen MR) is 97.7 cm³/mol. The fourth-order valence-electron chi connectivity index (χ4n) is 4.12. The van der Waals surface area contributed by atoms with Gasteiger partial charge in [-0.25, -0.2) is 4.98 Å². The summed E-state index contributed by atoms with van der Waals surface area (Å²) < 4.78 is 10.3. The van der Waals surface area contributed by atoms with Crippen molar-refractivity contribution in [1.82, 2.24) is 19.8 Å². The van der Waals surface area contributed by atoms with Crippen LogP contribution in [0.15, 0.2) is 27.9 Å². The normalized spacial score (nSPS) is 22.7. The SMILES string of the molecule is COc1coc(C(=O)N2C[C@H]3CC[C@@H]2CN(Cc2nc[nH]c2C)C3)cc1=O. The molecule has 2 aromatic rings. The Morgan fingerprint density at radius 2 is 2.22 bits per heavy atom. The van der Waals surface area contributed by atoms with Crippen LogP contribution in [0.1, 0.15) is 34.8 Å². The Bertz CT molecular complexity index is 890. The lowest BCUT2D eigenvalue weighted by molar-refractivity contribution is 0.0549. The molecule has 0 radical (unpaired) electrons. The molecule has 0 saturated carbocycles. The smallest absolute Gasteiger partial charge is 0.290 e. The number of ether oxygens (including phenoxy) is 1. The molecule has 2 atom stereocenters. The van der Waals surface area contributed by atoms with Crippen LogP contribution in [0.2, 0.25) is 0 Å². The van der Waals surface area contributed by atoms with Gasteiger partial charge in [0.2, 0.25) is 11.2 Å². The number of carbonyl (C=O) groups is 1. The van der Waals surface area contributed by atoms with Gasteiger partial charge in [0.15, 0.2) is 5.76 Å². The summed E-state index contributed by atoms with van der Waals surface area (Å²) in [6, 6.07) is 1.34. The molecule has 2 aromatic heterocycles. The Balaban J connectivity index is 1.52. The van der Waals surface area contributed by atoms with E-state index in [0.717, 1.165) is 43.9 Å². The summed E-state index contributed by atoms with van der Waals surface area (Å²) in [7, 11) is 1.40. The van der Waals surface area contributed by atoms with Crippen molar-refractivity contribution in [2.75, 3.05) is 26.7 Å². The zero-order valence-corrected chi connectivity index (χ0v) is 15.6. The van der Waals surface area contributed by atoms with Crippen LogP contribution in [-0.2, 0) is 6.54 Å². The Morgan fingerprint density at radius 1 is 1.37 bits per heavy atom. The molecule has 1 N–H and O–H groups in total. The zero-order chi connectivity index (χ0) is 19.0. The number of hydrogen-bond acceptors (Lipinski definition) is 6. The van der Waals surface area contributed by atoms with E-state index in [9.17, 15) is 9.59 Å². The standard InChI is InChI=1S/C19H24N4O4/c1-12-15(21-11-20-12)9-22-6-13-3-4-14(8-22)23(7-13)19(25)17-5-16(24)18(26-2)10-27-17/h5,10-11,13-14H,3-4,6-9H2,1-2H3,(H,20,21)/t13-,14+/m0/s1. The van der Waals surface area contributed by atoms with Gasteiger partial charge >= 0.3 is 0 Å². The van der Waals surface area contributed by atoms with E-state index in [2.05, 4.69) is 14.9 Å². The van der Waals surface area contributed by atoms with E-state index in [-0.39, 0.29) is 28.9 Å². The Labute approximate surface area is 157 Å². The predicted octanol–water partition coefficient (Wildman–Crippen LogP) is 1.42. The van der Waals surface area contributed by atoms with E-state index in [1.165, 1.54) is 19.4 Å². The van der Waals surface area contributed by atoms with Crippen molar-refractivity contribution in [3.8, 4) is 5.75 Å². The molecule has 3 fully saturated rings. The summed E-state index contributed by atoms with van der Waals surface area (Å²) in [4.78, 5) is 36.7. The van der Waals surface area contributed by atoms with Crippen molar-refractivity contribution < 1.29 is 13.9 Å². The van der Waals surface area contributed by atoms with Gasteiger partial charge in [-0.2, -0.15) is 0 Å². The molecule has 1 amide bonds. The molecule has 0 aliphatic carbocycles. The largest absolute Gasteiger partial charge is 0.490 e. The number of nitrogens with one attached hydrogen (secondary N) is 1. The summed E-state index contributed by atoms with van der Waals surface area (Å²) in [6.45, 7) is 5.24. The number of imidazole rings is 1. The highest BCUT2D eigenvalue weighted by atomic mass is 16.5. The maximum Gasteiger partial charge on any atom is 0.290 e. The van der Waals surface area contributed by atoms with Crippen molar-refractivity contribution in [3.05, 3.63) is 46.0 Å². The topological polar surface area (TPSA) is 91.7 Å². The van der Waals surface area contributed by atoms with Gasteiger partial charge in [-0.05, 0) is 25.7 Å². The van der Waals surface area contributed by atoms with Crippen molar-refractivity contribution in [2.24, 2.45) is 5.92 Å². The van der Waals surface area contributed by atoms with Crippen LogP contribution in [0.4, 0.5) is 0 Å². The zero-order valence-electron chi connectivity index (χ0n) is 15.6. The molecular formula is C19H24N4O4. The number of aromatic nitrogens is 2. The Morgan fingerprint density at radius 3 is 2.93 bits per heavy atom. The van der Waals surface area contributed by atoms with Gasteiger partial charge in [0.05, 0.1) is 19.1 Å². The Kier molecular flexibility index (Phi) is 4.73. The summed E-state index contributed by atoms with van der Waals surface area (Å²) in [6.07, 6.45) is 5.00. The van der Waals surface area contributed by atoms with E-state index in [1.54, 1.807) is 6.33 Å². The Hall–Kier alpha value is -2.61. The van der Waals surface area contributed by atoms with E-state index in [4.69, 9.17) is 9.15 Å². The maximum absolute atomic E-state index is 13.0. The quantitative estimate of drug-likeness (QED) is 0.873. The highest BCUT2D eigenvalue weighted by Crippen LogP contribution is 2.30. The number of hydrogen-bond donors (Lipinski definition) is 1. The molecule has 8 nitrogen and oxygen atoms in total. The second-order valence-electron chi connectivity index (χ2n) is 7.40. The third-order valence-electron chi connectivity index (χ3n) is 5.59. The van der Waals surface area contributed by atoms with Gasteiger partial charge in [0.25, 0.3) is 5.91 Å². The van der Waals surface area contributed by atoms with Gasteiger partial charge in [0.1, 0.15) is 6.26 Å². The second kappa shape index (κ2) is 7.19. The number of aryl methyl sites for hydroxylation is 1. The lowest BCUT2D eigenvalue weighted by Gasteiger charge is -2.35. The van der Waals surface area contributed by atoms with Crippen LogP contribution < -0.4 is 10.2 Å². The van der Waals surface area contributed by atoms with E-state index in [0.29, 0.717) is 12.5 Å². The highest BCUT2D eigenvalue weighted by Gasteiger charge is 2.38. The first kappa shape index (κ1) is 17.8. The first-order valence-corrected chi connectivity index (χ1v) is 9.24. The van der Waals surface area contributed by atoms with Crippen molar-refractivity contribution in [2.45, 2.75) is 32.4 Å². The molecule has 5 rings (SSSR count). The molecule has 27 heavy (non-hydrogen) atoms. The fraction of sp³-hybridized carbons (Fsp3) is 0.526. The number of H-pyrrole nitrogens is 1. The minimum absolute atomic E-state index is 0.0723. The molecule has 144 valence electrons. The first-order valence-electron chi connectivity index (χ1n) is 9.24. The molecule has 2 bridgehead atoms. The fourth-order valence-corrected chi connectivity index (χ4v) is 4.12. The molecule has 3 saturated heterocycles. The van der Waals surface area contributed by atoms with Crippen molar-refractivity contribution >= 4 is 5.91 Å². The molecule has 0 unspecified atom stereocenters.